The van der Waals surface area contributed by atoms with Gasteiger partial charge in [0.1, 0.15) is 72.5 Å². The number of hydrogen-bond acceptors (Lipinski definition) is 24. The number of likely N-dealkylation sites (tertiary alicyclic amines) is 1. The fourth-order valence-electron chi connectivity index (χ4n) is 8.99. The van der Waals surface area contributed by atoms with Gasteiger partial charge in [-0.05, 0) is 70.8 Å². The predicted molar refractivity (Wildman–Crippen MR) is 348 cm³/mol. The molecule has 13 atom stereocenters. The molecule has 0 aliphatic carbocycles. The van der Waals surface area contributed by atoms with Crippen LogP contribution in [0, 0.1) is 0 Å². The number of carbonyl (C=O) groups excluding carboxylic acids is 13. The number of imidazole rings is 1. The second-order valence-corrected chi connectivity index (χ2v) is 23.6. The number of primary amides is 1. The first-order valence-corrected chi connectivity index (χ1v) is 32.7. The van der Waals surface area contributed by atoms with Gasteiger partial charge in [-0.15, -0.1) is 0 Å². The number of amides is 13. The number of thioether (sulfide) groups is 1. The maximum Gasteiger partial charge on any atom is 0.305 e. The van der Waals surface area contributed by atoms with Crippen LogP contribution in [-0.2, 0) is 83.1 Å². The van der Waals surface area contributed by atoms with Crippen LogP contribution in [0.3, 0.4) is 0 Å². The van der Waals surface area contributed by atoms with E-state index in [2.05, 4.69) is 98.7 Å². The molecule has 25 N–H and O–H groups in total. The Hall–Kier alpha value is -9.07. The summed E-state index contributed by atoms with van der Waals surface area (Å²) in [7, 11) is 0. The first kappa shape index (κ1) is 84.0. The summed E-state index contributed by atoms with van der Waals surface area (Å²) in [6, 6.07) is -20.4. The van der Waals surface area contributed by atoms with E-state index in [1.165, 1.54) is 38.1 Å². The number of nitrogens with zero attached hydrogens (tertiary/aromatic N) is 3. The number of aromatic amines is 1. The minimum atomic E-state index is -1.95. The second-order valence-electron chi connectivity index (χ2n) is 21.9. The maximum atomic E-state index is 14.1. The summed E-state index contributed by atoms with van der Waals surface area (Å²) in [5.41, 5.74) is 22.3. The van der Waals surface area contributed by atoms with Crippen molar-refractivity contribution in [2.24, 2.45) is 27.9 Å². The number of guanidine groups is 1. The van der Waals surface area contributed by atoms with Gasteiger partial charge in [0, 0.05) is 55.7 Å². The number of aliphatic hydroxyl groups excluding tert-OH is 2. The Morgan fingerprint density at radius 3 is 1.51 bits per heavy atom. The molecule has 0 bridgehead atoms. The normalized spacial score (nSPS) is 16.2. The minimum absolute atomic E-state index is 0.0208. The molecule has 1 saturated heterocycles. The molecule has 0 aromatic carbocycles. The van der Waals surface area contributed by atoms with Gasteiger partial charge in [-0.1, -0.05) is 0 Å². The second kappa shape index (κ2) is 43.2. The van der Waals surface area contributed by atoms with Crippen molar-refractivity contribution >= 4 is 138 Å². The summed E-state index contributed by atoms with van der Waals surface area (Å²) < 4.78 is 0. The maximum absolute atomic E-state index is 14.1. The third kappa shape index (κ3) is 29.9. The van der Waals surface area contributed by atoms with E-state index >= 15 is 0 Å². The number of aliphatic imine (C=N–C) groups is 1. The number of carboxylic acids is 3. The van der Waals surface area contributed by atoms with E-state index in [0.29, 0.717) is 5.69 Å². The van der Waals surface area contributed by atoms with Gasteiger partial charge in [0.15, 0.2) is 5.96 Å². The first-order valence-electron chi connectivity index (χ1n) is 30.0. The average Bonchev–Trinajstić information content (AvgIpc) is 1.72. The van der Waals surface area contributed by atoms with Crippen LogP contribution in [0.4, 0.5) is 0 Å². The summed E-state index contributed by atoms with van der Waals surface area (Å²) in [4.78, 5) is 221. The highest BCUT2D eigenvalue weighted by Gasteiger charge is 2.41. The van der Waals surface area contributed by atoms with E-state index in [9.17, 15) is 102 Å². The molecule has 2 heterocycles. The molecule has 97 heavy (non-hydrogen) atoms. The lowest BCUT2D eigenvalue weighted by Crippen LogP contribution is -2.61. The van der Waals surface area contributed by atoms with Crippen LogP contribution in [-0.4, -0.2) is 269 Å². The number of H-pyrrole nitrogens is 1. The van der Waals surface area contributed by atoms with Gasteiger partial charge in [-0.2, -0.15) is 37.0 Å². The molecular formula is C54H87N19O21S3. The molecular weight excluding hydrogens is 1350 g/mol. The number of carbonyl (C=O) groups is 16. The molecule has 1 aromatic heterocycles. The number of aromatic nitrogens is 2. The first-order chi connectivity index (χ1) is 45.7. The van der Waals surface area contributed by atoms with E-state index in [1.807, 2.05) is 0 Å². The molecule has 0 unspecified atom stereocenters. The van der Waals surface area contributed by atoms with E-state index in [4.69, 9.17) is 22.9 Å². The van der Waals surface area contributed by atoms with Crippen LogP contribution in [0.25, 0.3) is 0 Å². The Bertz CT molecular complexity index is 2970. The van der Waals surface area contributed by atoms with Crippen LogP contribution in [0.5, 0.6) is 0 Å². The molecule has 0 spiro atoms. The number of thiol groups is 2. The van der Waals surface area contributed by atoms with Gasteiger partial charge in [0.2, 0.25) is 76.8 Å². The van der Waals surface area contributed by atoms with Gasteiger partial charge in [-0.25, -0.2) is 4.98 Å². The Morgan fingerprint density at radius 2 is 1.03 bits per heavy atom. The highest BCUT2D eigenvalue weighted by molar-refractivity contribution is 7.98. The SMILES string of the molecule is CSCC[C@H](NC(=O)[C@H](CO)NC(=O)[C@H](C)NC(=O)[C@H](CCCN=C(N)N)NC(=O)[C@@H](N)CS)C(=O)N[C@@H](CO)C(=O)N[C@@H](CCC(=O)O)C(=O)N[C@@H](CS)C(=O)N[C@@H](CC(=O)O)C(=O)N1CCC[C@H]1C(=O)N[C@@H](C)C(=O)N[C@@H](CCC(=O)O)C(=O)N[C@@H](Cc1cnc[nH]1)C(N)=O. The van der Waals surface area contributed by atoms with Crippen molar-refractivity contribution in [3.05, 3.63) is 18.2 Å². The van der Waals surface area contributed by atoms with Crippen LogP contribution >= 0.6 is 37.0 Å². The smallest absolute Gasteiger partial charge is 0.305 e. The summed E-state index contributed by atoms with van der Waals surface area (Å²) in [6.45, 7) is 0.0523. The van der Waals surface area contributed by atoms with Gasteiger partial charge >= 0.3 is 17.9 Å². The number of nitrogens with two attached hydrogens (primary N) is 4. The zero-order valence-corrected chi connectivity index (χ0v) is 55.7. The van der Waals surface area contributed by atoms with Crippen LogP contribution in [0.15, 0.2) is 17.5 Å². The molecule has 1 fully saturated rings. The predicted octanol–water partition coefficient (Wildman–Crippen LogP) is -10.0. The van der Waals surface area contributed by atoms with Crippen LogP contribution < -0.4 is 81.4 Å². The Kier molecular flexibility index (Phi) is 37.4. The number of aliphatic carboxylic acids is 3. The van der Waals surface area contributed by atoms with Gasteiger partial charge in [-0.3, -0.25) is 81.7 Å². The van der Waals surface area contributed by atoms with Crippen molar-refractivity contribution < 1.29 is 102 Å². The zero-order chi connectivity index (χ0) is 73.2. The molecule has 13 amide bonds. The standard InChI is InChI=1S/C54H87N19O21S3/c1-24(62-45(86)28(6-4-13-60-54(57)58)65-44(85)27(55)21-95)43(84)70-34(19-74)49(90)67-31(12-15-97-3)48(89)71-35(20-75)50(91)66-30(9-11-39(78)79)47(88)72-36(22-96)51(92)69-33(17-40(80)81)53(94)73-14-5-7-37(73)52(93)63-25(2)42(83)64-29(8-10-38(76)77)46(87)68-32(41(56)82)16-26-18-59-23-61-26/h18,23-25,27-37,74-75,95-96H,4-17,19-22,55H2,1-3H3,(H2,56,82)(H,59,61)(H,62,86)(H,63,93)(H,64,83)(H,65,85)(H,66,91)(H,67,90)(H,68,87)(H,69,92)(H,70,84)(H,71,89)(H,72,88)(H,76,77)(H,78,79)(H,80,81)(H4,57,58,60)/t24-,25-,27-,28-,29-,30-,31-,32-,33-,34-,35-,36-,37-/m0/s1. The van der Waals surface area contributed by atoms with Gasteiger partial charge in [0.25, 0.3) is 0 Å². The lowest BCUT2D eigenvalue weighted by molar-refractivity contribution is -0.146. The van der Waals surface area contributed by atoms with Crippen LogP contribution in [0.1, 0.15) is 83.7 Å². The number of nitrogens with one attached hydrogen (secondary N) is 12. The fraction of sp³-hybridized carbons (Fsp3) is 0.630. The number of hydrogen-bond donors (Lipinski definition) is 23. The Balaban J connectivity index is 2.24. The van der Waals surface area contributed by atoms with Crippen molar-refractivity contribution in [3.63, 3.8) is 0 Å². The van der Waals surface area contributed by atoms with Crippen LogP contribution in [0.2, 0.25) is 0 Å². The molecule has 1 aliphatic heterocycles. The molecule has 0 saturated carbocycles. The third-order valence-electron chi connectivity index (χ3n) is 14.3. The zero-order valence-electron chi connectivity index (χ0n) is 53.1. The van der Waals surface area contributed by atoms with Gasteiger partial charge in [0.05, 0.1) is 32.0 Å². The van der Waals surface area contributed by atoms with Crippen molar-refractivity contribution in [1.82, 2.24) is 73.4 Å². The third-order valence-corrected chi connectivity index (χ3v) is 15.7. The Morgan fingerprint density at radius 1 is 0.588 bits per heavy atom. The molecule has 1 aromatic rings. The molecule has 0 radical (unpaired) electrons. The average molecular weight is 1430 g/mol. The topological polar surface area (TPSA) is 655 Å². The summed E-state index contributed by atoms with van der Waals surface area (Å²) in [6.07, 6.45) is 0.534. The molecule has 1 aliphatic rings. The van der Waals surface area contributed by atoms with Crippen molar-refractivity contribution in [2.75, 3.05) is 49.8 Å². The Labute approximate surface area is 570 Å². The summed E-state index contributed by atoms with van der Waals surface area (Å²) >= 11 is 9.28. The van der Waals surface area contributed by atoms with Gasteiger partial charge < -0.3 is 117 Å². The number of carboxylic acid groups (broad SMARTS) is 3. The van der Waals surface area contributed by atoms with E-state index in [0.717, 1.165) is 4.90 Å². The van der Waals surface area contributed by atoms with E-state index in [1.54, 1.807) is 6.26 Å². The minimum Gasteiger partial charge on any atom is -0.481 e. The lowest BCUT2D eigenvalue weighted by Gasteiger charge is -2.30. The number of aliphatic hydroxyl groups is 2. The van der Waals surface area contributed by atoms with Crippen molar-refractivity contribution in [3.8, 4) is 0 Å². The molecule has 542 valence electrons. The van der Waals surface area contributed by atoms with Crippen molar-refractivity contribution in [2.45, 2.75) is 163 Å². The monoisotopic (exact) mass is 1430 g/mol. The largest absolute Gasteiger partial charge is 0.481 e. The fourth-order valence-corrected chi connectivity index (χ4v) is 9.89. The lowest BCUT2D eigenvalue weighted by atomic mass is 10.1. The number of rotatable bonds is 45. The van der Waals surface area contributed by atoms with Crippen molar-refractivity contribution in [1.29, 1.82) is 0 Å². The van der Waals surface area contributed by atoms with E-state index in [-0.39, 0.29) is 69.1 Å². The summed E-state index contributed by atoms with van der Waals surface area (Å²) in [5.74, 6) is -19.0. The highest BCUT2D eigenvalue weighted by atomic mass is 32.2. The molecule has 40 nitrogen and oxygen atoms in total. The molecule has 43 heteroatoms. The van der Waals surface area contributed by atoms with E-state index < -0.39 is 224 Å². The summed E-state index contributed by atoms with van der Waals surface area (Å²) in [5, 5.41) is 74.5. The molecule has 2 rings (SSSR count). The highest BCUT2D eigenvalue weighted by Crippen LogP contribution is 2.20. The quantitative estimate of drug-likeness (QED) is 0.0125.